The Morgan fingerprint density at radius 3 is 2.14 bits per heavy atom. The fourth-order valence-corrected chi connectivity index (χ4v) is 1.27. The van der Waals surface area contributed by atoms with Crippen molar-refractivity contribution in [3.8, 4) is 0 Å². The lowest BCUT2D eigenvalue weighted by Gasteiger charge is -1.80. The molecule has 0 bridgehead atoms. The predicted molar refractivity (Wildman–Crippen MR) is 31.3 cm³/mol. The molecule has 0 aromatic rings. The molecule has 0 heterocycles. The summed E-state index contributed by atoms with van der Waals surface area (Å²) in [4.78, 5) is 0. The van der Waals surface area contributed by atoms with Crippen molar-refractivity contribution in [3.05, 3.63) is 0 Å². The van der Waals surface area contributed by atoms with Crippen LogP contribution in [0.15, 0.2) is 0 Å². The topological polar surface area (TPSA) is 26.0 Å². The molecule has 42 valence electrons. The zero-order valence-electron chi connectivity index (χ0n) is 4.39. The summed E-state index contributed by atoms with van der Waals surface area (Å²) in [6.07, 6.45) is 0. The summed E-state index contributed by atoms with van der Waals surface area (Å²) in [5, 5.41) is 0.380. The van der Waals surface area contributed by atoms with Crippen LogP contribution in [0.1, 0.15) is 6.92 Å². The van der Waals surface area contributed by atoms with Crippen molar-refractivity contribution in [2.45, 2.75) is 12.3 Å². The van der Waals surface area contributed by atoms with E-state index < -0.39 is 0 Å². The third-order valence-electron chi connectivity index (χ3n) is 1.72. The largest absolute Gasteiger partial charge is 0.330 e. The molecule has 0 unspecified atom stereocenters. The second-order valence-electron chi connectivity index (χ2n) is 2.20. The Kier molecular flexibility index (Phi) is 1.26. The van der Waals surface area contributed by atoms with E-state index in [4.69, 9.17) is 17.3 Å². The molecule has 0 aromatic heterocycles. The van der Waals surface area contributed by atoms with Gasteiger partial charge in [0.15, 0.2) is 0 Å². The molecule has 3 atom stereocenters. The average Bonchev–Trinajstić information content (AvgIpc) is 2.17. The molecular formula is C5H10ClN. The van der Waals surface area contributed by atoms with E-state index in [0.29, 0.717) is 17.2 Å². The molecule has 2 heteroatoms. The maximum Gasteiger partial charge on any atom is 0.0408 e. The van der Waals surface area contributed by atoms with Crippen LogP contribution in [0.3, 0.4) is 0 Å². The third-order valence-corrected chi connectivity index (χ3v) is 2.44. The van der Waals surface area contributed by atoms with Crippen molar-refractivity contribution in [2.24, 2.45) is 17.6 Å². The Morgan fingerprint density at radius 2 is 2.14 bits per heavy atom. The first-order chi connectivity index (χ1) is 3.27. The van der Waals surface area contributed by atoms with Crippen molar-refractivity contribution in [1.29, 1.82) is 0 Å². The van der Waals surface area contributed by atoms with E-state index in [0.717, 1.165) is 6.54 Å². The molecule has 1 aliphatic rings. The van der Waals surface area contributed by atoms with Crippen LogP contribution in [0.25, 0.3) is 0 Å². The highest BCUT2D eigenvalue weighted by molar-refractivity contribution is 6.22. The molecular weight excluding hydrogens is 110 g/mol. The van der Waals surface area contributed by atoms with Crippen molar-refractivity contribution >= 4 is 11.6 Å². The lowest BCUT2D eigenvalue weighted by atomic mass is 10.3. The molecule has 1 nitrogen and oxygen atoms in total. The molecule has 1 saturated carbocycles. The maximum absolute atomic E-state index is 5.72. The van der Waals surface area contributed by atoms with Gasteiger partial charge in [-0.3, -0.25) is 0 Å². The molecule has 0 radical (unpaired) electrons. The Bertz CT molecular complexity index is 66.5. The molecule has 1 rings (SSSR count). The first kappa shape index (κ1) is 5.39. The summed E-state index contributed by atoms with van der Waals surface area (Å²) in [7, 11) is 0. The smallest absolute Gasteiger partial charge is 0.0408 e. The van der Waals surface area contributed by atoms with Crippen LogP contribution in [0.2, 0.25) is 0 Å². The van der Waals surface area contributed by atoms with Crippen molar-refractivity contribution in [3.63, 3.8) is 0 Å². The number of hydrogen-bond acceptors (Lipinski definition) is 1. The zero-order valence-corrected chi connectivity index (χ0v) is 5.15. The van der Waals surface area contributed by atoms with Crippen molar-refractivity contribution in [2.75, 3.05) is 6.54 Å². The third kappa shape index (κ3) is 0.752. The van der Waals surface area contributed by atoms with Gasteiger partial charge in [-0.15, -0.1) is 11.6 Å². The van der Waals surface area contributed by atoms with E-state index in [1.807, 2.05) is 0 Å². The van der Waals surface area contributed by atoms with Gasteiger partial charge in [-0.05, 0) is 18.4 Å². The summed E-state index contributed by atoms with van der Waals surface area (Å²) in [5.74, 6) is 1.29. The fourth-order valence-electron chi connectivity index (χ4n) is 0.837. The van der Waals surface area contributed by atoms with Crippen LogP contribution in [0.5, 0.6) is 0 Å². The molecule has 2 N–H and O–H groups in total. The monoisotopic (exact) mass is 119 g/mol. The first-order valence-corrected chi connectivity index (χ1v) is 3.05. The van der Waals surface area contributed by atoms with Crippen LogP contribution in [-0.2, 0) is 0 Å². The van der Waals surface area contributed by atoms with Crippen LogP contribution in [0, 0.1) is 11.8 Å². The molecule has 0 aliphatic heterocycles. The number of halogens is 1. The SMILES string of the molecule is C[C@@H]1[C@H](Cl)[C@H]1CN. The van der Waals surface area contributed by atoms with Crippen LogP contribution in [0.4, 0.5) is 0 Å². The summed E-state index contributed by atoms with van der Waals surface area (Å²) in [5.41, 5.74) is 5.33. The molecule has 0 spiro atoms. The highest BCUT2D eigenvalue weighted by Gasteiger charge is 2.43. The standard InChI is InChI=1S/C5H10ClN/c1-3-4(2-7)5(3)6/h3-5H,2,7H2,1H3/t3-,4-,5-/m0/s1. The van der Waals surface area contributed by atoms with Crippen LogP contribution >= 0.6 is 11.6 Å². The lowest BCUT2D eigenvalue weighted by Crippen LogP contribution is -2.02. The first-order valence-electron chi connectivity index (χ1n) is 2.61. The van der Waals surface area contributed by atoms with Gasteiger partial charge in [0.05, 0.1) is 0 Å². The fraction of sp³-hybridized carbons (Fsp3) is 1.00. The quantitative estimate of drug-likeness (QED) is 0.508. The maximum atomic E-state index is 5.72. The average molecular weight is 120 g/mol. The van der Waals surface area contributed by atoms with Gasteiger partial charge in [-0.1, -0.05) is 6.92 Å². The number of hydrogen-bond donors (Lipinski definition) is 1. The van der Waals surface area contributed by atoms with E-state index in [9.17, 15) is 0 Å². The summed E-state index contributed by atoms with van der Waals surface area (Å²) >= 11 is 5.72. The van der Waals surface area contributed by atoms with Crippen molar-refractivity contribution in [1.82, 2.24) is 0 Å². The number of nitrogens with two attached hydrogens (primary N) is 1. The van der Waals surface area contributed by atoms with Crippen LogP contribution in [-0.4, -0.2) is 11.9 Å². The second kappa shape index (κ2) is 1.64. The molecule has 1 aliphatic carbocycles. The molecule has 1 fully saturated rings. The second-order valence-corrected chi connectivity index (χ2v) is 2.71. The van der Waals surface area contributed by atoms with E-state index in [-0.39, 0.29) is 0 Å². The summed E-state index contributed by atoms with van der Waals surface area (Å²) < 4.78 is 0. The van der Waals surface area contributed by atoms with Gasteiger partial charge >= 0.3 is 0 Å². The molecule has 0 aromatic carbocycles. The summed E-state index contributed by atoms with van der Waals surface area (Å²) in [6, 6.07) is 0. The van der Waals surface area contributed by atoms with Gasteiger partial charge in [0.25, 0.3) is 0 Å². The molecule has 7 heavy (non-hydrogen) atoms. The Morgan fingerprint density at radius 1 is 1.71 bits per heavy atom. The van der Waals surface area contributed by atoms with E-state index in [1.54, 1.807) is 0 Å². The summed E-state index contributed by atoms with van der Waals surface area (Å²) in [6.45, 7) is 2.89. The highest BCUT2D eigenvalue weighted by Crippen LogP contribution is 2.42. The van der Waals surface area contributed by atoms with Gasteiger partial charge in [-0.25, -0.2) is 0 Å². The van der Waals surface area contributed by atoms with Gasteiger partial charge in [0.2, 0.25) is 0 Å². The predicted octanol–water partition coefficient (Wildman–Crippen LogP) is 0.818. The zero-order chi connectivity index (χ0) is 5.44. The Labute approximate surface area is 48.8 Å². The number of rotatable bonds is 1. The Hall–Kier alpha value is 0.250. The van der Waals surface area contributed by atoms with Crippen molar-refractivity contribution < 1.29 is 0 Å². The van der Waals surface area contributed by atoms with Gasteiger partial charge in [-0.2, -0.15) is 0 Å². The Balaban J connectivity index is 2.24. The van der Waals surface area contributed by atoms with E-state index in [2.05, 4.69) is 6.92 Å². The van der Waals surface area contributed by atoms with Gasteiger partial charge < -0.3 is 5.73 Å². The minimum absolute atomic E-state index is 0.380. The minimum Gasteiger partial charge on any atom is -0.330 e. The molecule has 0 amide bonds. The number of alkyl halides is 1. The highest BCUT2D eigenvalue weighted by atomic mass is 35.5. The van der Waals surface area contributed by atoms with Gasteiger partial charge in [0, 0.05) is 5.38 Å². The minimum atomic E-state index is 0.380. The van der Waals surface area contributed by atoms with Crippen LogP contribution < -0.4 is 5.73 Å². The van der Waals surface area contributed by atoms with Gasteiger partial charge in [0.1, 0.15) is 0 Å². The molecule has 0 saturated heterocycles. The lowest BCUT2D eigenvalue weighted by molar-refractivity contribution is 0.761. The normalized spacial score (nSPS) is 49.3. The van der Waals surface area contributed by atoms with E-state index in [1.165, 1.54) is 0 Å². The van der Waals surface area contributed by atoms with E-state index >= 15 is 0 Å².